The van der Waals surface area contributed by atoms with Crippen molar-refractivity contribution in [3.63, 3.8) is 0 Å². The Balaban J connectivity index is 1.65. The van der Waals surface area contributed by atoms with E-state index in [1.54, 1.807) is 42.6 Å². The summed E-state index contributed by atoms with van der Waals surface area (Å²) in [5.74, 6) is -7.63. The zero-order chi connectivity index (χ0) is 21.7. The minimum absolute atomic E-state index is 0.0692. The van der Waals surface area contributed by atoms with Crippen LogP contribution in [-0.2, 0) is 4.79 Å². The zero-order valence-electron chi connectivity index (χ0n) is 15.0. The van der Waals surface area contributed by atoms with Crippen LogP contribution in [0.1, 0.15) is 5.56 Å². The molecular weight excluding hydrogens is 442 g/mol. The van der Waals surface area contributed by atoms with E-state index in [9.17, 15) is 22.4 Å². The van der Waals surface area contributed by atoms with Crippen LogP contribution in [0.2, 0.25) is 5.15 Å². The smallest absolute Gasteiger partial charge is 0.234 e. The van der Waals surface area contributed by atoms with E-state index in [-0.39, 0.29) is 11.8 Å². The second-order valence-electron chi connectivity index (χ2n) is 5.82. The van der Waals surface area contributed by atoms with Crippen LogP contribution in [0.3, 0.4) is 0 Å². The van der Waals surface area contributed by atoms with Gasteiger partial charge in [0.1, 0.15) is 10.8 Å². The predicted octanol–water partition coefficient (Wildman–Crippen LogP) is 5.77. The van der Waals surface area contributed by atoms with Crippen molar-refractivity contribution in [3.05, 3.63) is 82.6 Å². The van der Waals surface area contributed by atoms with Gasteiger partial charge in [0.05, 0.1) is 11.4 Å². The fourth-order valence-corrected chi connectivity index (χ4v) is 3.22. The first kappa shape index (κ1) is 21.8. The highest BCUT2D eigenvalue weighted by Crippen LogP contribution is 2.26. The third kappa shape index (κ3) is 5.37. The molecule has 0 atom stereocenters. The van der Waals surface area contributed by atoms with E-state index in [0.29, 0.717) is 21.3 Å². The number of carbonyl (C=O) groups excluding carboxylic acids is 1. The molecule has 0 radical (unpaired) electrons. The molecule has 4 nitrogen and oxygen atoms in total. The van der Waals surface area contributed by atoms with Crippen LogP contribution >= 0.6 is 23.4 Å². The Morgan fingerprint density at radius 3 is 2.53 bits per heavy atom. The molecule has 0 saturated carbocycles. The van der Waals surface area contributed by atoms with E-state index in [0.717, 1.165) is 11.8 Å². The van der Waals surface area contributed by atoms with Crippen molar-refractivity contribution in [2.75, 3.05) is 11.1 Å². The lowest BCUT2D eigenvalue weighted by molar-refractivity contribution is -0.113. The standard InChI is InChI=1S/C20H12ClF4N3OS/c21-20-11(3-2-6-26-20)9-27-12-4-1-5-13(7-12)30-10-16(29)28-19-17(24)14(22)8-15(23)18(19)25/h1-9H,10H2,(H,28,29). The van der Waals surface area contributed by atoms with Crippen LogP contribution in [0, 0.1) is 23.3 Å². The molecule has 3 rings (SSSR count). The Hall–Kier alpha value is -2.91. The molecule has 30 heavy (non-hydrogen) atoms. The number of thioether (sulfide) groups is 1. The number of hydrogen-bond acceptors (Lipinski definition) is 4. The molecule has 0 unspecified atom stereocenters. The summed E-state index contributed by atoms with van der Waals surface area (Å²) in [6, 6.07) is 10.4. The first-order valence-corrected chi connectivity index (χ1v) is 9.72. The zero-order valence-corrected chi connectivity index (χ0v) is 16.6. The number of aromatic nitrogens is 1. The van der Waals surface area contributed by atoms with Gasteiger partial charge >= 0.3 is 0 Å². The summed E-state index contributed by atoms with van der Waals surface area (Å²) in [7, 11) is 0. The van der Waals surface area contributed by atoms with E-state index in [1.165, 1.54) is 6.21 Å². The summed E-state index contributed by atoms with van der Waals surface area (Å²) in [6.45, 7) is 0. The van der Waals surface area contributed by atoms with Gasteiger partial charge in [0, 0.05) is 28.9 Å². The summed E-state index contributed by atoms with van der Waals surface area (Å²) >= 11 is 7.01. The van der Waals surface area contributed by atoms with Crippen molar-refractivity contribution >= 4 is 46.9 Å². The maximum atomic E-state index is 13.6. The first-order valence-electron chi connectivity index (χ1n) is 8.35. The Labute approximate surface area is 178 Å². The number of benzene rings is 2. The van der Waals surface area contributed by atoms with Crippen LogP contribution < -0.4 is 5.32 Å². The maximum absolute atomic E-state index is 13.6. The molecular formula is C20H12ClF4N3OS. The summed E-state index contributed by atoms with van der Waals surface area (Å²) in [4.78, 5) is 20.9. The topological polar surface area (TPSA) is 54.4 Å². The molecule has 1 aromatic heterocycles. The first-order chi connectivity index (χ1) is 14.3. The lowest BCUT2D eigenvalue weighted by atomic mass is 10.2. The van der Waals surface area contributed by atoms with Gasteiger partial charge in [-0.25, -0.2) is 22.5 Å². The van der Waals surface area contributed by atoms with Crippen LogP contribution in [0.4, 0.5) is 28.9 Å². The molecule has 0 aliphatic heterocycles. The number of amides is 1. The number of aliphatic imine (C=N–C) groups is 1. The van der Waals surface area contributed by atoms with Crippen molar-refractivity contribution in [2.45, 2.75) is 4.90 Å². The number of nitrogens with zero attached hydrogens (tertiary/aromatic N) is 2. The molecule has 1 heterocycles. The monoisotopic (exact) mass is 453 g/mol. The van der Waals surface area contributed by atoms with Crippen LogP contribution in [0.5, 0.6) is 0 Å². The van der Waals surface area contributed by atoms with Crippen LogP contribution in [-0.4, -0.2) is 22.9 Å². The molecule has 10 heteroatoms. The Morgan fingerprint density at radius 1 is 1.10 bits per heavy atom. The van der Waals surface area contributed by atoms with E-state index in [4.69, 9.17) is 11.6 Å². The predicted molar refractivity (Wildman–Crippen MR) is 109 cm³/mol. The summed E-state index contributed by atoms with van der Waals surface area (Å²) in [5, 5.41) is 2.16. The third-order valence-electron chi connectivity index (χ3n) is 3.70. The van der Waals surface area contributed by atoms with Gasteiger partial charge in [-0.05, 0) is 30.3 Å². The number of halogens is 5. The number of hydrogen-bond donors (Lipinski definition) is 1. The second kappa shape index (κ2) is 9.73. The molecule has 0 aliphatic rings. The Morgan fingerprint density at radius 2 is 1.83 bits per heavy atom. The summed E-state index contributed by atoms with van der Waals surface area (Å²) in [6.07, 6.45) is 3.09. The highest BCUT2D eigenvalue weighted by atomic mass is 35.5. The van der Waals surface area contributed by atoms with Gasteiger partial charge in [0.25, 0.3) is 0 Å². The molecule has 1 amide bonds. The van der Waals surface area contributed by atoms with Gasteiger partial charge in [0.15, 0.2) is 23.3 Å². The van der Waals surface area contributed by atoms with Gasteiger partial charge in [-0.1, -0.05) is 17.7 Å². The lowest BCUT2D eigenvalue weighted by Crippen LogP contribution is -2.17. The minimum Gasteiger partial charge on any atom is -0.320 e. The average Bonchev–Trinajstić information content (AvgIpc) is 2.73. The third-order valence-corrected chi connectivity index (χ3v) is 5.01. The minimum atomic E-state index is -1.67. The average molecular weight is 454 g/mol. The van der Waals surface area contributed by atoms with Gasteiger partial charge in [-0.3, -0.25) is 9.79 Å². The van der Waals surface area contributed by atoms with E-state index >= 15 is 0 Å². The highest BCUT2D eigenvalue weighted by Gasteiger charge is 2.20. The Bertz CT molecular complexity index is 1100. The van der Waals surface area contributed by atoms with Crippen molar-refractivity contribution in [1.29, 1.82) is 0 Å². The molecule has 0 aliphatic carbocycles. The van der Waals surface area contributed by atoms with Crippen molar-refractivity contribution < 1.29 is 22.4 Å². The fraction of sp³-hybridized carbons (Fsp3) is 0.0500. The van der Waals surface area contributed by atoms with Crippen molar-refractivity contribution in [2.24, 2.45) is 4.99 Å². The van der Waals surface area contributed by atoms with E-state index in [1.807, 2.05) is 5.32 Å². The van der Waals surface area contributed by atoms with Crippen molar-refractivity contribution in [1.82, 2.24) is 4.98 Å². The maximum Gasteiger partial charge on any atom is 0.234 e. The lowest BCUT2D eigenvalue weighted by Gasteiger charge is -2.09. The molecule has 2 aromatic carbocycles. The number of pyridine rings is 1. The summed E-state index contributed by atoms with van der Waals surface area (Å²) in [5.41, 5.74) is 0.0393. The molecule has 1 N–H and O–H groups in total. The Kier molecular flexibility index (Phi) is 7.07. The number of anilines is 1. The van der Waals surface area contributed by atoms with E-state index in [2.05, 4.69) is 9.98 Å². The van der Waals surface area contributed by atoms with Gasteiger partial charge in [-0.15, -0.1) is 11.8 Å². The van der Waals surface area contributed by atoms with Gasteiger partial charge < -0.3 is 5.32 Å². The molecule has 0 bridgehead atoms. The van der Waals surface area contributed by atoms with E-state index < -0.39 is 34.9 Å². The van der Waals surface area contributed by atoms with Gasteiger partial charge in [-0.2, -0.15) is 0 Å². The molecule has 0 fully saturated rings. The van der Waals surface area contributed by atoms with Crippen LogP contribution in [0.25, 0.3) is 0 Å². The second-order valence-corrected chi connectivity index (χ2v) is 7.23. The molecule has 0 saturated heterocycles. The van der Waals surface area contributed by atoms with Crippen LogP contribution in [0.15, 0.2) is 58.5 Å². The molecule has 3 aromatic rings. The number of rotatable bonds is 6. The molecule has 154 valence electrons. The summed E-state index contributed by atoms with van der Waals surface area (Å²) < 4.78 is 53.7. The largest absolute Gasteiger partial charge is 0.320 e. The SMILES string of the molecule is O=C(CSc1cccc(N=Cc2cccnc2Cl)c1)Nc1c(F)c(F)cc(F)c1F. The number of carbonyl (C=O) groups is 1. The van der Waals surface area contributed by atoms with Gasteiger partial charge in [0.2, 0.25) is 5.91 Å². The number of nitrogens with one attached hydrogen (secondary N) is 1. The normalized spacial score (nSPS) is 11.1. The van der Waals surface area contributed by atoms with Crippen molar-refractivity contribution in [3.8, 4) is 0 Å². The highest BCUT2D eigenvalue weighted by molar-refractivity contribution is 8.00. The fourth-order valence-electron chi connectivity index (χ4n) is 2.30. The quantitative estimate of drug-likeness (QED) is 0.169. The molecule has 0 spiro atoms.